The second-order valence-electron chi connectivity index (χ2n) is 7.70. The minimum atomic E-state index is -0.316. The largest absolute Gasteiger partial charge is 0.496 e. The number of nitrogens with zero attached hydrogens (tertiary/aromatic N) is 2. The maximum atomic E-state index is 6.06. The number of hydrogen-bond acceptors (Lipinski definition) is 4. The summed E-state index contributed by atoms with van der Waals surface area (Å²) in [6.07, 6.45) is 3.32. The number of hydrogen-bond donors (Lipinski definition) is 0. The molecule has 3 heterocycles. The summed E-state index contributed by atoms with van der Waals surface area (Å²) in [5.74, 6) is 2.94. The Bertz CT molecular complexity index is 532. The van der Waals surface area contributed by atoms with Crippen LogP contribution in [-0.2, 0) is 9.31 Å². The topological polar surface area (TPSA) is 34.6 Å². The SMILES string of the molecule is CC1(C)OB(c2ccc(N3CC4CC4C3)nc2)OC1(C)C. The lowest BCUT2D eigenvalue weighted by atomic mass is 9.80. The molecular formula is C16H23BN2O2. The fraction of sp³-hybridized carbons (Fsp3) is 0.688. The molecule has 2 atom stereocenters. The Hall–Kier alpha value is -1.07. The molecule has 3 aliphatic rings. The molecule has 0 amide bonds. The van der Waals surface area contributed by atoms with E-state index in [9.17, 15) is 0 Å². The summed E-state index contributed by atoms with van der Waals surface area (Å²) in [6.45, 7) is 10.6. The van der Waals surface area contributed by atoms with E-state index in [0.717, 1.165) is 23.1 Å². The van der Waals surface area contributed by atoms with Crippen LogP contribution in [0.15, 0.2) is 18.3 Å². The Morgan fingerprint density at radius 1 is 1.10 bits per heavy atom. The highest BCUT2D eigenvalue weighted by atomic mass is 16.7. The minimum Gasteiger partial charge on any atom is -0.399 e. The van der Waals surface area contributed by atoms with Crippen molar-refractivity contribution in [1.82, 2.24) is 4.98 Å². The quantitative estimate of drug-likeness (QED) is 0.777. The van der Waals surface area contributed by atoms with E-state index in [1.54, 1.807) is 0 Å². The minimum absolute atomic E-state index is 0.299. The lowest BCUT2D eigenvalue weighted by Gasteiger charge is -2.32. The molecule has 2 unspecified atom stereocenters. The van der Waals surface area contributed by atoms with Gasteiger partial charge in [0, 0.05) is 24.7 Å². The molecule has 1 aliphatic carbocycles. The standard InChI is InChI=1S/C16H23BN2O2/c1-15(2)16(3,4)21-17(20-15)13-5-6-14(18-8-13)19-9-11-7-12(11)10-19/h5-6,8,11-12H,7,9-10H2,1-4H3. The van der Waals surface area contributed by atoms with Gasteiger partial charge in [0.15, 0.2) is 0 Å². The average molecular weight is 286 g/mol. The van der Waals surface area contributed by atoms with Crippen LogP contribution in [-0.4, -0.2) is 36.4 Å². The highest BCUT2D eigenvalue weighted by molar-refractivity contribution is 6.62. The fourth-order valence-corrected chi connectivity index (χ4v) is 3.29. The zero-order chi connectivity index (χ0) is 14.8. The maximum Gasteiger partial charge on any atom is 0.496 e. The smallest absolute Gasteiger partial charge is 0.399 e. The van der Waals surface area contributed by atoms with E-state index in [0.29, 0.717) is 0 Å². The molecule has 0 radical (unpaired) electrons. The van der Waals surface area contributed by atoms with Crippen molar-refractivity contribution in [3.8, 4) is 0 Å². The molecule has 4 nitrogen and oxygen atoms in total. The fourth-order valence-electron chi connectivity index (χ4n) is 3.29. The Labute approximate surface area is 127 Å². The third-order valence-corrected chi connectivity index (χ3v) is 5.60. The zero-order valence-electron chi connectivity index (χ0n) is 13.3. The average Bonchev–Trinajstić information content (AvgIpc) is 2.96. The third kappa shape index (κ3) is 2.18. The van der Waals surface area contributed by atoms with Gasteiger partial charge in [-0.15, -0.1) is 0 Å². The molecule has 0 bridgehead atoms. The molecule has 112 valence electrons. The van der Waals surface area contributed by atoms with Crippen molar-refractivity contribution < 1.29 is 9.31 Å². The van der Waals surface area contributed by atoms with Gasteiger partial charge in [0.05, 0.1) is 11.2 Å². The molecular weight excluding hydrogens is 263 g/mol. The molecule has 1 aromatic rings. The van der Waals surface area contributed by atoms with Crippen LogP contribution in [0.3, 0.4) is 0 Å². The van der Waals surface area contributed by atoms with Gasteiger partial charge in [0.25, 0.3) is 0 Å². The molecule has 4 rings (SSSR count). The molecule has 2 aliphatic heterocycles. The lowest BCUT2D eigenvalue weighted by Crippen LogP contribution is -2.41. The van der Waals surface area contributed by atoms with Gasteiger partial charge in [-0.3, -0.25) is 0 Å². The molecule has 2 saturated heterocycles. The molecule has 1 saturated carbocycles. The number of pyridine rings is 1. The Morgan fingerprint density at radius 3 is 2.24 bits per heavy atom. The maximum absolute atomic E-state index is 6.06. The number of fused-ring (bicyclic) bond motifs is 1. The Kier molecular flexibility index (Phi) is 2.74. The van der Waals surface area contributed by atoms with Crippen molar-refractivity contribution >= 4 is 18.4 Å². The van der Waals surface area contributed by atoms with E-state index in [2.05, 4.69) is 49.7 Å². The first-order chi connectivity index (χ1) is 9.86. The van der Waals surface area contributed by atoms with Crippen LogP contribution in [0.5, 0.6) is 0 Å². The van der Waals surface area contributed by atoms with E-state index in [4.69, 9.17) is 9.31 Å². The first kappa shape index (κ1) is 13.6. The molecule has 21 heavy (non-hydrogen) atoms. The highest BCUT2D eigenvalue weighted by Crippen LogP contribution is 2.45. The first-order valence-corrected chi connectivity index (χ1v) is 7.92. The van der Waals surface area contributed by atoms with Gasteiger partial charge in [-0.25, -0.2) is 4.98 Å². The first-order valence-electron chi connectivity index (χ1n) is 7.92. The van der Waals surface area contributed by atoms with Gasteiger partial charge < -0.3 is 14.2 Å². The molecule has 0 spiro atoms. The Balaban J connectivity index is 1.49. The summed E-state index contributed by atoms with van der Waals surface area (Å²) >= 11 is 0. The normalized spacial score (nSPS) is 32.4. The number of piperidine rings is 1. The summed E-state index contributed by atoms with van der Waals surface area (Å²) in [4.78, 5) is 7.02. The van der Waals surface area contributed by atoms with E-state index in [1.807, 2.05) is 6.20 Å². The van der Waals surface area contributed by atoms with Crippen molar-refractivity contribution in [3.63, 3.8) is 0 Å². The van der Waals surface area contributed by atoms with Crippen molar-refractivity contribution in [2.24, 2.45) is 11.8 Å². The van der Waals surface area contributed by atoms with Crippen LogP contribution in [0.2, 0.25) is 0 Å². The lowest BCUT2D eigenvalue weighted by molar-refractivity contribution is 0.00578. The number of rotatable bonds is 2. The number of anilines is 1. The summed E-state index contributed by atoms with van der Waals surface area (Å²) in [7, 11) is -0.316. The predicted molar refractivity (Wildman–Crippen MR) is 83.8 cm³/mol. The van der Waals surface area contributed by atoms with E-state index < -0.39 is 0 Å². The second kappa shape index (κ2) is 4.23. The molecule has 0 aromatic carbocycles. The van der Waals surface area contributed by atoms with Gasteiger partial charge in [0.1, 0.15) is 5.82 Å². The highest BCUT2D eigenvalue weighted by Gasteiger charge is 2.52. The summed E-state index contributed by atoms with van der Waals surface area (Å²) in [6, 6.07) is 4.19. The molecule has 0 N–H and O–H groups in total. The second-order valence-corrected chi connectivity index (χ2v) is 7.70. The van der Waals surface area contributed by atoms with Crippen molar-refractivity contribution in [1.29, 1.82) is 0 Å². The van der Waals surface area contributed by atoms with Gasteiger partial charge in [0.2, 0.25) is 0 Å². The monoisotopic (exact) mass is 286 g/mol. The van der Waals surface area contributed by atoms with Crippen LogP contribution in [0.1, 0.15) is 34.1 Å². The molecule has 3 fully saturated rings. The number of aromatic nitrogens is 1. The van der Waals surface area contributed by atoms with Gasteiger partial charge in [-0.2, -0.15) is 0 Å². The van der Waals surface area contributed by atoms with Crippen LogP contribution in [0.4, 0.5) is 5.82 Å². The summed E-state index contributed by atoms with van der Waals surface area (Å²) in [5, 5.41) is 0. The van der Waals surface area contributed by atoms with Gasteiger partial charge >= 0.3 is 7.12 Å². The van der Waals surface area contributed by atoms with Crippen molar-refractivity contribution in [2.75, 3.05) is 18.0 Å². The third-order valence-electron chi connectivity index (χ3n) is 5.60. The van der Waals surface area contributed by atoms with Crippen LogP contribution < -0.4 is 10.4 Å². The zero-order valence-corrected chi connectivity index (χ0v) is 13.3. The van der Waals surface area contributed by atoms with E-state index in [1.165, 1.54) is 19.5 Å². The van der Waals surface area contributed by atoms with Crippen molar-refractivity contribution in [3.05, 3.63) is 18.3 Å². The Morgan fingerprint density at radius 2 is 1.71 bits per heavy atom. The van der Waals surface area contributed by atoms with Crippen LogP contribution >= 0.6 is 0 Å². The van der Waals surface area contributed by atoms with Crippen LogP contribution in [0.25, 0.3) is 0 Å². The van der Waals surface area contributed by atoms with Gasteiger partial charge in [-0.1, -0.05) is 6.07 Å². The molecule has 5 heteroatoms. The summed E-state index contributed by atoms with van der Waals surface area (Å²) in [5.41, 5.74) is 0.404. The summed E-state index contributed by atoms with van der Waals surface area (Å²) < 4.78 is 12.1. The van der Waals surface area contributed by atoms with Crippen molar-refractivity contribution in [2.45, 2.75) is 45.3 Å². The molecule has 1 aromatic heterocycles. The van der Waals surface area contributed by atoms with Gasteiger partial charge in [-0.05, 0) is 52.0 Å². The van der Waals surface area contributed by atoms with E-state index >= 15 is 0 Å². The predicted octanol–water partition coefficient (Wildman–Crippen LogP) is 1.84. The van der Waals surface area contributed by atoms with E-state index in [-0.39, 0.29) is 18.3 Å². The van der Waals surface area contributed by atoms with Crippen LogP contribution in [0, 0.1) is 11.8 Å².